The van der Waals surface area contributed by atoms with Gasteiger partial charge in [-0.25, -0.2) is 0 Å². The smallest absolute Gasteiger partial charge is 0.0703 e. The molecule has 1 aromatic carbocycles. The molecule has 1 fully saturated rings. The molecule has 0 saturated carbocycles. The molecular weight excluding hydrogens is 212 g/mol. The molecule has 3 heteroatoms. The van der Waals surface area contributed by atoms with Gasteiger partial charge < -0.3 is 10.5 Å². The second-order valence-corrected chi connectivity index (χ2v) is 4.64. The van der Waals surface area contributed by atoms with E-state index in [1.54, 1.807) is 0 Å². The minimum atomic E-state index is 0.371. The maximum absolute atomic E-state index is 5.73. The topological polar surface area (TPSA) is 38.5 Å². The van der Waals surface area contributed by atoms with Crippen LogP contribution in [0.2, 0.25) is 0 Å². The van der Waals surface area contributed by atoms with Crippen molar-refractivity contribution in [2.75, 3.05) is 26.2 Å². The summed E-state index contributed by atoms with van der Waals surface area (Å²) in [6, 6.07) is 10.6. The minimum Gasteiger partial charge on any atom is -0.376 e. The molecular formula is C14H22N2O. The van der Waals surface area contributed by atoms with E-state index >= 15 is 0 Å². The number of piperidine rings is 1. The molecule has 1 aliphatic rings. The highest BCUT2D eigenvalue weighted by Gasteiger charge is 2.19. The van der Waals surface area contributed by atoms with Crippen LogP contribution < -0.4 is 5.73 Å². The maximum Gasteiger partial charge on any atom is 0.0703 e. The molecule has 1 heterocycles. The Morgan fingerprint density at radius 3 is 2.88 bits per heavy atom. The summed E-state index contributed by atoms with van der Waals surface area (Å²) in [6.45, 7) is 4.55. The standard InChI is InChI=1S/C14H22N2O/c15-8-10-17-14-7-4-9-16(12-14)11-13-5-2-1-3-6-13/h1-3,5-6,14H,4,7-12,15H2/t14-/m0/s1. The van der Waals surface area contributed by atoms with E-state index in [0.29, 0.717) is 19.3 Å². The van der Waals surface area contributed by atoms with Gasteiger partial charge in [-0.1, -0.05) is 30.3 Å². The lowest BCUT2D eigenvalue weighted by Crippen LogP contribution is -2.39. The highest BCUT2D eigenvalue weighted by Crippen LogP contribution is 2.15. The first kappa shape index (κ1) is 12.6. The Balaban J connectivity index is 1.81. The molecule has 17 heavy (non-hydrogen) atoms. The largest absolute Gasteiger partial charge is 0.376 e. The van der Waals surface area contributed by atoms with Gasteiger partial charge in [-0.05, 0) is 24.9 Å². The van der Waals surface area contributed by atoms with Crippen LogP contribution in [0.4, 0.5) is 0 Å². The summed E-state index contributed by atoms with van der Waals surface area (Å²) in [6.07, 6.45) is 2.77. The zero-order chi connectivity index (χ0) is 11.9. The van der Waals surface area contributed by atoms with E-state index in [1.807, 2.05) is 0 Å². The number of hydrogen-bond acceptors (Lipinski definition) is 3. The first-order valence-electron chi connectivity index (χ1n) is 6.46. The average Bonchev–Trinajstić information content (AvgIpc) is 2.38. The zero-order valence-electron chi connectivity index (χ0n) is 10.3. The second kappa shape index (κ2) is 6.74. The Bertz CT molecular complexity index is 315. The van der Waals surface area contributed by atoms with Crippen molar-refractivity contribution in [2.24, 2.45) is 5.73 Å². The van der Waals surface area contributed by atoms with E-state index in [9.17, 15) is 0 Å². The van der Waals surface area contributed by atoms with E-state index in [1.165, 1.54) is 24.9 Å². The molecule has 0 bridgehead atoms. The van der Waals surface area contributed by atoms with Crippen LogP contribution in [0.25, 0.3) is 0 Å². The van der Waals surface area contributed by atoms with Gasteiger partial charge in [0.05, 0.1) is 12.7 Å². The van der Waals surface area contributed by atoms with Crippen molar-refractivity contribution < 1.29 is 4.74 Å². The molecule has 0 aliphatic carbocycles. The minimum absolute atomic E-state index is 0.371. The van der Waals surface area contributed by atoms with Gasteiger partial charge >= 0.3 is 0 Å². The lowest BCUT2D eigenvalue weighted by Gasteiger charge is -2.32. The molecule has 0 spiro atoms. The molecule has 3 nitrogen and oxygen atoms in total. The molecule has 1 aromatic rings. The Labute approximate surface area is 104 Å². The van der Waals surface area contributed by atoms with Crippen LogP contribution in [-0.4, -0.2) is 37.2 Å². The number of likely N-dealkylation sites (tertiary alicyclic amines) is 1. The van der Waals surface area contributed by atoms with Crippen molar-refractivity contribution in [3.8, 4) is 0 Å². The number of rotatable bonds is 5. The fraction of sp³-hybridized carbons (Fsp3) is 0.571. The van der Waals surface area contributed by atoms with E-state index in [-0.39, 0.29) is 0 Å². The lowest BCUT2D eigenvalue weighted by molar-refractivity contribution is 0.00109. The molecule has 0 radical (unpaired) electrons. The zero-order valence-corrected chi connectivity index (χ0v) is 10.3. The number of nitrogens with two attached hydrogens (primary N) is 1. The quantitative estimate of drug-likeness (QED) is 0.841. The average molecular weight is 234 g/mol. The highest BCUT2D eigenvalue weighted by molar-refractivity contribution is 5.14. The number of benzene rings is 1. The van der Waals surface area contributed by atoms with Gasteiger partial charge in [0, 0.05) is 19.6 Å². The highest BCUT2D eigenvalue weighted by atomic mass is 16.5. The fourth-order valence-electron chi connectivity index (χ4n) is 2.37. The normalized spacial score (nSPS) is 21.6. The van der Waals surface area contributed by atoms with Gasteiger partial charge in [0.25, 0.3) is 0 Å². The summed E-state index contributed by atoms with van der Waals surface area (Å²) >= 11 is 0. The molecule has 1 aliphatic heterocycles. The summed E-state index contributed by atoms with van der Waals surface area (Å²) < 4.78 is 5.73. The molecule has 1 saturated heterocycles. The third-order valence-electron chi connectivity index (χ3n) is 3.18. The molecule has 1 atom stereocenters. The molecule has 2 rings (SSSR count). The van der Waals surface area contributed by atoms with Crippen molar-refractivity contribution >= 4 is 0 Å². The maximum atomic E-state index is 5.73. The van der Waals surface area contributed by atoms with Crippen molar-refractivity contribution in [3.05, 3.63) is 35.9 Å². The summed E-state index contributed by atoms with van der Waals surface area (Å²) in [5.74, 6) is 0. The van der Waals surface area contributed by atoms with E-state index < -0.39 is 0 Å². The molecule has 0 unspecified atom stereocenters. The number of hydrogen-bond donors (Lipinski definition) is 1. The fourth-order valence-corrected chi connectivity index (χ4v) is 2.37. The van der Waals surface area contributed by atoms with Gasteiger partial charge in [-0.2, -0.15) is 0 Å². The summed E-state index contributed by atoms with van der Waals surface area (Å²) in [5, 5.41) is 0. The monoisotopic (exact) mass is 234 g/mol. The van der Waals surface area contributed by atoms with Crippen molar-refractivity contribution in [2.45, 2.75) is 25.5 Å². The SMILES string of the molecule is NCCO[C@H]1CCCN(Cc2ccccc2)C1. The van der Waals surface area contributed by atoms with Gasteiger partial charge in [0.1, 0.15) is 0 Å². The Kier molecular flexibility index (Phi) is 4.98. The lowest BCUT2D eigenvalue weighted by atomic mass is 10.1. The van der Waals surface area contributed by atoms with E-state index in [2.05, 4.69) is 35.2 Å². The third-order valence-corrected chi connectivity index (χ3v) is 3.18. The van der Waals surface area contributed by atoms with Gasteiger partial charge in [0.15, 0.2) is 0 Å². The first-order chi connectivity index (χ1) is 8.38. The van der Waals surface area contributed by atoms with Gasteiger partial charge in [0.2, 0.25) is 0 Å². The van der Waals surface area contributed by atoms with Crippen molar-refractivity contribution in [1.82, 2.24) is 4.90 Å². The molecule has 0 amide bonds. The Morgan fingerprint density at radius 2 is 2.12 bits per heavy atom. The molecule has 0 aromatic heterocycles. The summed E-state index contributed by atoms with van der Waals surface area (Å²) in [5.41, 5.74) is 6.85. The molecule has 2 N–H and O–H groups in total. The van der Waals surface area contributed by atoms with Gasteiger partial charge in [-0.15, -0.1) is 0 Å². The van der Waals surface area contributed by atoms with Gasteiger partial charge in [-0.3, -0.25) is 4.90 Å². The Morgan fingerprint density at radius 1 is 1.29 bits per heavy atom. The molecule has 94 valence electrons. The van der Waals surface area contributed by atoms with Crippen molar-refractivity contribution in [1.29, 1.82) is 0 Å². The predicted octanol–water partition coefficient (Wildman–Crippen LogP) is 1.63. The van der Waals surface area contributed by atoms with E-state index in [4.69, 9.17) is 10.5 Å². The van der Waals surface area contributed by atoms with Crippen LogP contribution in [0, 0.1) is 0 Å². The Hall–Kier alpha value is -0.900. The first-order valence-corrected chi connectivity index (χ1v) is 6.46. The summed E-state index contributed by atoms with van der Waals surface area (Å²) in [4.78, 5) is 2.47. The number of nitrogens with zero attached hydrogens (tertiary/aromatic N) is 1. The van der Waals surface area contributed by atoms with Crippen molar-refractivity contribution in [3.63, 3.8) is 0 Å². The predicted molar refractivity (Wildman–Crippen MR) is 69.7 cm³/mol. The second-order valence-electron chi connectivity index (χ2n) is 4.64. The van der Waals surface area contributed by atoms with Crippen LogP contribution in [0.3, 0.4) is 0 Å². The van der Waals surface area contributed by atoms with Crippen LogP contribution in [-0.2, 0) is 11.3 Å². The van der Waals surface area contributed by atoms with E-state index in [0.717, 1.165) is 13.1 Å². The summed E-state index contributed by atoms with van der Waals surface area (Å²) in [7, 11) is 0. The van der Waals surface area contributed by atoms with Crippen LogP contribution in [0.15, 0.2) is 30.3 Å². The van der Waals surface area contributed by atoms with Crippen LogP contribution in [0.1, 0.15) is 18.4 Å². The number of ether oxygens (including phenoxy) is 1. The van der Waals surface area contributed by atoms with Crippen LogP contribution >= 0.6 is 0 Å². The third kappa shape index (κ3) is 4.11. The van der Waals surface area contributed by atoms with Crippen LogP contribution in [0.5, 0.6) is 0 Å².